The SMILES string of the molecule is Cc1ccc(CNC(=O)N[C@H](CC(C)C)C(=O)Nc2cccnc2)cc1. The van der Waals surface area contributed by atoms with E-state index in [0.29, 0.717) is 18.7 Å². The van der Waals surface area contributed by atoms with E-state index in [9.17, 15) is 9.59 Å². The van der Waals surface area contributed by atoms with Crippen LogP contribution in [0.1, 0.15) is 31.4 Å². The summed E-state index contributed by atoms with van der Waals surface area (Å²) in [5, 5.41) is 8.35. The number of anilines is 1. The van der Waals surface area contributed by atoms with Crippen molar-refractivity contribution in [1.82, 2.24) is 15.6 Å². The number of aryl methyl sites for hydroxylation is 1. The van der Waals surface area contributed by atoms with Crippen LogP contribution >= 0.6 is 0 Å². The second kappa shape index (κ2) is 9.56. The second-order valence-electron chi connectivity index (χ2n) is 6.73. The summed E-state index contributed by atoms with van der Waals surface area (Å²) in [4.78, 5) is 28.7. The Kier molecular flexibility index (Phi) is 7.14. The number of hydrogen-bond donors (Lipinski definition) is 3. The van der Waals surface area contributed by atoms with Crippen LogP contribution < -0.4 is 16.0 Å². The van der Waals surface area contributed by atoms with Gasteiger partial charge in [-0.15, -0.1) is 0 Å². The van der Waals surface area contributed by atoms with Gasteiger partial charge in [0.05, 0.1) is 11.9 Å². The Morgan fingerprint density at radius 3 is 2.46 bits per heavy atom. The van der Waals surface area contributed by atoms with Crippen molar-refractivity contribution in [3.8, 4) is 0 Å². The zero-order chi connectivity index (χ0) is 18.9. The third-order valence-corrected chi connectivity index (χ3v) is 3.83. The van der Waals surface area contributed by atoms with E-state index in [0.717, 1.165) is 5.56 Å². The molecule has 3 N–H and O–H groups in total. The van der Waals surface area contributed by atoms with Crippen LogP contribution in [0.15, 0.2) is 48.8 Å². The molecule has 1 aromatic carbocycles. The molecule has 6 nitrogen and oxygen atoms in total. The summed E-state index contributed by atoms with van der Waals surface area (Å²) in [5.41, 5.74) is 2.78. The molecule has 2 rings (SSSR count). The van der Waals surface area contributed by atoms with Crippen molar-refractivity contribution in [2.24, 2.45) is 5.92 Å². The molecule has 1 heterocycles. The Morgan fingerprint density at radius 2 is 1.85 bits per heavy atom. The molecule has 0 saturated carbocycles. The molecule has 0 fully saturated rings. The van der Waals surface area contributed by atoms with Crippen molar-refractivity contribution >= 4 is 17.6 Å². The van der Waals surface area contributed by atoms with Gasteiger partial charge in [0.15, 0.2) is 0 Å². The second-order valence-corrected chi connectivity index (χ2v) is 6.73. The van der Waals surface area contributed by atoms with Crippen LogP contribution in [0.4, 0.5) is 10.5 Å². The molecule has 0 saturated heterocycles. The van der Waals surface area contributed by atoms with Crippen molar-refractivity contribution < 1.29 is 9.59 Å². The average Bonchev–Trinajstić information content (AvgIpc) is 2.61. The van der Waals surface area contributed by atoms with E-state index in [2.05, 4.69) is 20.9 Å². The van der Waals surface area contributed by atoms with E-state index in [1.807, 2.05) is 45.0 Å². The van der Waals surface area contributed by atoms with Gasteiger partial charge < -0.3 is 16.0 Å². The number of carbonyl (C=O) groups is 2. The van der Waals surface area contributed by atoms with E-state index in [-0.39, 0.29) is 17.9 Å². The first-order valence-electron chi connectivity index (χ1n) is 8.75. The molecule has 1 aromatic heterocycles. The van der Waals surface area contributed by atoms with Gasteiger partial charge >= 0.3 is 6.03 Å². The summed E-state index contributed by atoms with van der Waals surface area (Å²) in [6.07, 6.45) is 3.75. The minimum atomic E-state index is -0.617. The standard InChI is InChI=1S/C20H26N4O2/c1-14(2)11-18(19(25)23-17-5-4-10-21-13-17)24-20(26)22-12-16-8-6-15(3)7-9-16/h4-10,13-14,18H,11-12H2,1-3H3,(H,23,25)(H2,22,24,26)/t18-/m1/s1. The fourth-order valence-corrected chi connectivity index (χ4v) is 2.47. The van der Waals surface area contributed by atoms with E-state index < -0.39 is 6.04 Å². The number of rotatable bonds is 7. The molecule has 1 atom stereocenters. The Labute approximate surface area is 154 Å². The fraction of sp³-hybridized carbons (Fsp3) is 0.350. The number of benzene rings is 1. The molecule has 0 aliphatic heterocycles. The summed E-state index contributed by atoms with van der Waals surface area (Å²) in [6, 6.07) is 10.5. The van der Waals surface area contributed by atoms with Gasteiger partial charge in [-0.2, -0.15) is 0 Å². The maximum atomic E-state index is 12.5. The zero-order valence-electron chi connectivity index (χ0n) is 15.5. The summed E-state index contributed by atoms with van der Waals surface area (Å²) >= 11 is 0. The number of hydrogen-bond acceptors (Lipinski definition) is 3. The van der Waals surface area contributed by atoms with Crippen LogP contribution in [-0.4, -0.2) is 23.0 Å². The molecule has 138 valence electrons. The van der Waals surface area contributed by atoms with E-state index in [1.165, 1.54) is 5.56 Å². The van der Waals surface area contributed by atoms with Gasteiger partial charge in [-0.1, -0.05) is 43.7 Å². The summed E-state index contributed by atoms with van der Waals surface area (Å²) in [5.74, 6) is 0.00855. The lowest BCUT2D eigenvalue weighted by Gasteiger charge is -2.20. The molecule has 6 heteroatoms. The first-order valence-corrected chi connectivity index (χ1v) is 8.75. The van der Waals surface area contributed by atoms with Crippen LogP contribution in [0.5, 0.6) is 0 Å². The predicted molar refractivity (Wildman–Crippen MR) is 103 cm³/mol. The normalized spacial score (nSPS) is 11.7. The summed E-state index contributed by atoms with van der Waals surface area (Å²) < 4.78 is 0. The number of carbonyl (C=O) groups excluding carboxylic acids is 2. The number of aromatic nitrogens is 1. The third-order valence-electron chi connectivity index (χ3n) is 3.83. The number of nitrogens with zero attached hydrogens (tertiary/aromatic N) is 1. The van der Waals surface area contributed by atoms with Crippen LogP contribution in [0, 0.1) is 12.8 Å². The molecule has 0 aliphatic carbocycles. The average molecular weight is 354 g/mol. The summed E-state index contributed by atoms with van der Waals surface area (Å²) in [6.45, 7) is 6.44. The monoisotopic (exact) mass is 354 g/mol. The highest BCUT2D eigenvalue weighted by atomic mass is 16.2. The minimum Gasteiger partial charge on any atom is -0.334 e. The molecule has 0 unspecified atom stereocenters. The zero-order valence-corrected chi connectivity index (χ0v) is 15.5. The minimum absolute atomic E-state index is 0.253. The quantitative estimate of drug-likeness (QED) is 0.714. The number of pyridine rings is 1. The summed E-state index contributed by atoms with van der Waals surface area (Å²) in [7, 11) is 0. The van der Waals surface area contributed by atoms with Gasteiger partial charge in [0, 0.05) is 12.7 Å². The number of amides is 3. The molecule has 0 aliphatic rings. The van der Waals surface area contributed by atoms with E-state index in [1.54, 1.807) is 24.5 Å². The third kappa shape index (κ3) is 6.55. The first kappa shape index (κ1) is 19.4. The molecule has 0 spiro atoms. The number of urea groups is 1. The number of nitrogens with one attached hydrogen (secondary N) is 3. The first-order chi connectivity index (χ1) is 12.4. The molecule has 2 aromatic rings. The Balaban J connectivity index is 1.92. The topological polar surface area (TPSA) is 83.1 Å². The molecular weight excluding hydrogens is 328 g/mol. The van der Waals surface area contributed by atoms with Crippen molar-refractivity contribution in [3.63, 3.8) is 0 Å². The van der Waals surface area contributed by atoms with E-state index in [4.69, 9.17) is 0 Å². The lowest BCUT2D eigenvalue weighted by Crippen LogP contribution is -2.48. The Morgan fingerprint density at radius 1 is 1.12 bits per heavy atom. The lowest BCUT2D eigenvalue weighted by atomic mass is 10.0. The van der Waals surface area contributed by atoms with Gasteiger partial charge in [0.1, 0.15) is 6.04 Å². The molecule has 26 heavy (non-hydrogen) atoms. The molecule has 0 radical (unpaired) electrons. The fourth-order valence-electron chi connectivity index (χ4n) is 2.47. The van der Waals surface area contributed by atoms with Gasteiger partial charge in [0.25, 0.3) is 0 Å². The highest BCUT2D eigenvalue weighted by Gasteiger charge is 2.22. The highest BCUT2D eigenvalue weighted by molar-refractivity contribution is 5.96. The maximum absolute atomic E-state index is 12.5. The largest absolute Gasteiger partial charge is 0.334 e. The van der Waals surface area contributed by atoms with Crippen molar-refractivity contribution in [2.45, 2.75) is 39.8 Å². The molecule has 3 amide bonds. The predicted octanol–water partition coefficient (Wildman–Crippen LogP) is 3.24. The highest BCUT2D eigenvalue weighted by Crippen LogP contribution is 2.09. The van der Waals surface area contributed by atoms with Gasteiger partial charge in [0.2, 0.25) is 5.91 Å². The van der Waals surface area contributed by atoms with Crippen LogP contribution in [0.25, 0.3) is 0 Å². The van der Waals surface area contributed by atoms with Gasteiger partial charge in [-0.05, 0) is 37.0 Å². The Hall–Kier alpha value is -2.89. The van der Waals surface area contributed by atoms with Crippen LogP contribution in [0.3, 0.4) is 0 Å². The van der Waals surface area contributed by atoms with Crippen LogP contribution in [0.2, 0.25) is 0 Å². The van der Waals surface area contributed by atoms with E-state index >= 15 is 0 Å². The molecular formula is C20H26N4O2. The van der Waals surface area contributed by atoms with Crippen molar-refractivity contribution in [3.05, 3.63) is 59.9 Å². The smallest absolute Gasteiger partial charge is 0.315 e. The van der Waals surface area contributed by atoms with Gasteiger partial charge in [-0.25, -0.2) is 4.79 Å². The molecule has 0 bridgehead atoms. The van der Waals surface area contributed by atoms with Crippen molar-refractivity contribution in [2.75, 3.05) is 5.32 Å². The van der Waals surface area contributed by atoms with Crippen LogP contribution in [-0.2, 0) is 11.3 Å². The lowest BCUT2D eigenvalue weighted by molar-refractivity contribution is -0.118. The van der Waals surface area contributed by atoms with Crippen molar-refractivity contribution in [1.29, 1.82) is 0 Å². The van der Waals surface area contributed by atoms with Gasteiger partial charge in [-0.3, -0.25) is 9.78 Å². The Bertz CT molecular complexity index is 714. The maximum Gasteiger partial charge on any atom is 0.315 e.